The number of halogens is 3. The van der Waals surface area contributed by atoms with Crippen LogP contribution < -0.4 is 0 Å². The van der Waals surface area contributed by atoms with E-state index in [0.717, 1.165) is 9.79 Å². The average Bonchev–Trinajstić information content (AvgIpc) is 3.10. The van der Waals surface area contributed by atoms with Crippen molar-refractivity contribution in [3.63, 3.8) is 0 Å². The molecular formula is C15H11F3O3S. The van der Waals surface area contributed by atoms with Crippen LogP contribution in [0.2, 0.25) is 0 Å². The molecule has 3 nitrogen and oxygen atoms in total. The van der Waals surface area contributed by atoms with Gasteiger partial charge in [-0.1, -0.05) is 30.3 Å². The highest BCUT2D eigenvalue weighted by Crippen LogP contribution is 2.34. The zero-order valence-corrected chi connectivity index (χ0v) is 12.2. The minimum Gasteiger partial charge on any atom is -0.369 e. The van der Waals surface area contributed by atoms with Gasteiger partial charge in [-0.3, -0.25) is 0 Å². The summed E-state index contributed by atoms with van der Waals surface area (Å²) in [6, 6.07) is 13.5. The Kier molecular flexibility index (Phi) is 4.65. The third-order valence-electron chi connectivity index (χ3n) is 2.78. The van der Waals surface area contributed by atoms with E-state index in [9.17, 15) is 22.2 Å². The van der Waals surface area contributed by atoms with Crippen molar-refractivity contribution in [1.82, 2.24) is 0 Å². The number of carbonyl (C=O) groups excluding carboxylic acids is 1. The van der Waals surface area contributed by atoms with Gasteiger partial charge in [-0.05, 0) is 30.7 Å². The van der Waals surface area contributed by atoms with Gasteiger partial charge in [0.05, 0.1) is 26.2 Å². The van der Waals surface area contributed by atoms with E-state index in [4.69, 9.17) is 0 Å². The predicted molar refractivity (Wildman–Crippen MR) is 73.8 cm³/mol. The highest BCUT2D eigenvalue weighted by Gasteiger charge is 2.34. The van der Waals surface area contributed by atoms with Crippen molar-refractivity contribution in [3.8, 4) is 0 Å². The summed E-state index contributed by atoms with van der Waals surface area (Å²) in [7, 11) is -0.715. The molecule has 22 heavy (non-hydrogen) atoms. The van der Waals surface area contributed by atoms with Crippen molar-refractivity contribution in [3.05, 3.63) is 59.7 Å². The number of hydrogen-bond acceptors (Lipinski definition) is 3. The second-order valence-electron chi connectivity index (χ2n) is 4.37. The Morgan fingerprint density at radius 3 is 1.95 bits per heavy atom. The fourth-order valence-electron chi connectivity index (χ4n) is 1.69. The highest BCUT2D eigenvalue weighted by atomic mass is 32.2. The zero-order chi connectivity index (χ0) is 16.3. The molecule has 0 unspecified atom stereocenters. The second-order valence-corrected chi connectivity index (χ2v) is 5.78. The van der Waals surface area contributed by atoms with E-state index in [0.29, 0.717) is 5.56 Å². The molecule has 2 aromatic rings. The van der Waals surface area contributed by atoms with Crippen LogP contribution in [0.5, 0.6) is 0 Å². The molecule has 116 valence electrons. The molecule has 0 aromatic heterocycles. The number of carbonyl (C=O) groups is 1. The van der Waals surface area contributed by atoms with E-state index in [1.165, 1.54) is 25.1 Å². The van der Waals surface area contributed by atoms with E-state index in [1.807, 2.05) is 24.3 Å². The molecule has 0 N–H and O–H groups in total. The Labute approximate surface area is 127 Å². The van der Waals surface area contributed by atoms with E-state index >= 15 is 0 Å². The lowest BCUT2D eigenvalue weighted by atomic mass is 10.1. The largest absolute Gasteiger partial charge is 0.575 e. The fourth-order valence-corrected chi connectivity index (χ4v) is 2.65. The first-order chi connectivity index (χ1) is 10.3. The smallest absolute Gasteiger partial charge is 0.369 e. The maximum Gasteiger partial charge on any atom is 0.575 e. The van der Waals surface area contributed by atoms with Crippen molar-refractivity contribution >= 4 is 16.8 Å². The molecule has 2 aromatic carbocycles. The van der Waals surface area contributed by atoms with Crippen molar-refractivity contribution in [2.24, 2.45) is 0 Å². The van der Waals surface area contributed by atoms with Gasteiger partial charge < -0.3 is 4.74 Å². The van der Waals surface area contributed by atoms with E-state index < -0.39 is 23.1 Å². The van der Waals surface area contributed by atoms with Crippen LogP contribution in [0.3, 0.4) is 0 Å². The van der Waals surface area contributed by atoms with Crippen molar-refractivity contribution in [1.29, 1.82) is 0 Å². The average molecular weight is 328 g/mol. The monoisotopic (exact) mass is 328 g/mol. The van der Waals surface area contributed by atoms with E-state index in [-0.39, 0.29) is 5.56 Å². The van der Waals surface area contributed by atoms with Gasteiger partial charge in [-0.2, -0.15) is 0 Å². The van der Waals surface area contributed by atoms with Crippen LogP contribution in [0.25, 0.3) is 0 Å². The summed E-state index contributed by atoms with van der Waals surface area (Å²) in [5.41, 5.74) is 0.367. The first kappa shape index (κ1) is 16.2. The minimum absolute atomic E-state index is 0.0789. The summed E-state index contributed by atoms with van der Waals surface area (Å²) in [5.74, 6) is -1.38. The number of fused-ring (bicyclic) bond motifs is 1. The minimum atomic E-state index is -4.93. The van der Waals surface area contributed by atoms with Gasteiger partial charge >= 0.3 is 12.3 Å². The van der Waals surface area contributed by atoms with Crippen LogP contribution in [0, 0.1) is 6.92 Å². The molecule has 3 rings (SSSR count). The zero-order valence-electron chi connectivity index (χ0n) is 11.4. The summed E-state index contributed by atoms with van der Waals surface area (Å²) in [4.78, 5) is 13.0. The molecular weight excluding hydrogens is 317 g/mol. The third kappa shape index (κ3) is 4.17. The lowest BCUT2D eigenvalue weighted by Crippen LogP contribution is -2.19. The topological polar surface area (TPSA) is 43.4 Å². The van der Waals surface area contributed by atoms with E-state index in [2.05, 4.69) is 4.74 Å². The molecule has 7 heteroatoms. The standard InChI is InChI=1S/C9H7F3O2.C6H4OS/c1-6-4-2-3-5-7(6)8(13)14-9(10,11)12;7-8-5-3-1-2-4-6(5)8/h2-5H,1H3;1-4H. The van der Waals surface area contributed by atoms with Gasteiger partial charge in [0.25, 0.3) is 0 Å². The molecule has 0 saturated carbocycles. The van der Waals surface area contributed by atoms with E-state index in [1.54, 1.807) is 6.07 Å². The van der Waals surface area contributed by atoms with Gasteiger partial charge in [0.1, 0.15) is 0 Å². The predicted octanol–water partition coefficient (Wildman–Crippen LogP) is 3.84. The number of esters is 1. The molecule has 0 radical (unpaired) electrons. The van der Waals surface area contributed by atoms with Gasteiger partial charge in [-0.25, -0.2) is 9.00 Å². The number of ether oxygens (including phenoxy) is 1. The second kappa shape index (κ2) is 6.31. The Hall–Kier alpha value is -2.15. The maximum atomic E-state index is 11.7. The summed E-state index contributed by atoms with van der Waals surface area (Å²) in [6.45, 7) is 1.53. The van der Waals surface area contributed by atoms with Crippen LogP contribution in [-0.4, -0.2) is 16.5 Å². The fraction of sp³-hybridized carbons (Fsp3) is 0.133. The molecule has 0 amide bonds. The number of hydrogen-bond donors (Lipinski definition) is 0. The Morgan fingerprint density at radius 2 is 1.50 bits per heavy atom. The molecule has 0 spiro atoms. The van der Waals surface area contributed by atoms with Crippen LogP contribution in [0.1, 0.15) is 15.9 Å². The SMILES string of the molecule is Cc1ccccc1C(=O)OC(F)(F)F.O=S1c2ccccc21. The molecule has 0 saturated heterocycles. The molecule has 0 fully saturated rings. The Morgan fingerprint density at radius 1 is 1.00 bits per heavy atom. The lowest BCUT2D eigenvalue weighted by molar-refractivity contribution is -0.291. The lowest BCUT2D eigenvalue weighted by Gasteiger charge is -2.08. The Bertz CT molecular complexity index is 701. The quantitative estimate of drug-likeness (QED) is 0.503. The maximum absolute atomic E-state index is 11.7. The summed E-state index contributed by atoms with van der Waals surface area (Å²) in [5, 5.41) is 0. The van der Waals surface area contributed by atoms with Crippen LogP contribution in [0.4, 0.5) is 13.2 Å². The van der Waals surface area contributed by atoms with Gasteiger partial charge in [0.2, 0.25) is 0 Å². The van der Waals surface area contributed by atoms with Gasteiger partial charge in [0, 0.05) is 0 Å². The first-order valence-corrected chi connectivity index (χ1v) is 7.31. The normalized spacial score (nSPS) is 12.7. The highest BCUT2D eigenvalue weighted by molar-refractivity contribution is 7.90. The van der Waals surface area contributed by atoms with Crippen LogP contribution in [0.15, 0.2) is 58.3 Å². The third-order valence-corrected chi connectivity index (χ3v) is 4.09. The molecule has 1 heterocycles. The summed E-state index contributed by atoms with van der Waals surface area (Å²) >= 11 is 0. The molecule has 1 aliphatic heterocycles. The summed E-state index contributed by atoms with van der Waals surface area (Å²) < 4.78 is 49.0. The number of aryl methyl sites for hydroxylation is 1. The molecule has 0 aliphatic carbocycles. The number of benzene rings is 2. The summed E-state index contributed by atoms with van der Waals surface area (Å²) in [6.07, 6.45) is -4.93. The number of rotatable bonds is 1. The van der Waals surface area contributed by atoms with Gasteiger partial charge in [0.15, 0.2) is 0 Å². The molecule has 0 atom stereocenters. The van der Waals surface area contributed by atoms with Crippen LogP contribution in [-0.2, 0) is 15.5 Å². The van der Waals surface area contributed by atoms with Crippen molar-refractivity contribution in [2.45, 2.75) is 23.1 Å². The van der Waals surface area contributed by atoms with Crippen LogP contribution >= 0.6 is 0 Å². The van der Waals surface area contributed by atoms with Crippen molar-refractivity contribution < 1.29 is 26.9 Å². The van der Waals surface area contributed by atoms with Gasteiger partial charge in [-0.15, -0.1) is 13.2 Å². The molecule has 0 bridgehead atoms. The molecule has 1 aliphatic rings. The number of alkyl halides is 3. The Balaban J connectivity index is 0.000000183. The first-order valence-electron chi connectivity index (χ1n) is 6.16. The van der Waals surface area contributed by atoms with Crippen molar-refractivity contribution in [2.75, 3.05) is 0 Å².